The zero-order valence-corrected chi connectivity index (χ0v) is 15.4. The Morgan fingerprint density at radius 3 is 1.35 bits per heavy atom. The molecule has 1 heterocycles. The van der Waals surface area contributed by atoms with Crippen LogP contribution >= 0.6 is 78.3 Å². The van der Waals surface area contributed by atoms with E-state index >= 15 is 0 Å². The Kier molecular flexibility index (Phi) is 4.08. The highest BCUT2D eigenvalue weighted by atomic mass is 79.9. The van der Waals surface area contributed by atoms with Crippen LogP contribution in [-0.4, -0.2) is 0 Å². The van der Waals surface area contributed by atoms with E-state index in [1.807, 2.05) is 0 Å². The summed E-state index contributed by atoms with van der Waals surface area (Å²) in [6.07, 6.45) is 0. The molecule has 0 fully saturated rings. The van der Waals surface area contributed by atoms with Gasteiger partial charge >= 0.3 is 0 Å². The number of hydrogen-bond donors (Lipinski definition) is 0. The Morgan fingerprint density at radius 1 is 0.650 bits per heavy atom. The van der Waals surface area contributed by atoms with Gasteiger partial charge in [0.2, 0.25) is 0 Å². The minimum Gasteiger partial charge on any atom is -0.448 e. The molecule has 0 saturated carbocycles. The summed E-state index contributed by atoms with van der Waals surface area (Å²) >= 11 is 31.0. The normalized spacial score (nSPS) is 12.3. The van der Waals surface area contributed by atoms with Gasteiger partial charge in [-0.2, -0.15) is 0 Å². The van der Waals surface area contributed by atoms with Crippen LogP contribution in [0.5, 0.6) is 23.0 Å². The third kappa shape index (κ3) is 2.31. The average molecular weight is 480 g/mol. The van der Waals surface area contributed by atoms with Crippen LogP contribution in [0.25, 0.3) is 0 Å². The van der Waals surface area contributed by atoms with Crippen LogP contribution in [0.3, 0.4) is 0 Å². The van der Waals surface area contributed by atoms with Crippen LogP contribution in [0, 0.1) is 0 Å². The molecular formula is C12H2Br2Cl4O2. The highest BCUT2D eigenvalue weighted by Gasteiger charge is 2.28. The van der Waals surface area contributed by atoms with E-state index in [-0.39, 0.29) is 10.0 Å². The van der Waals surface area contributed by atoms with Gasteiger partial charge in [-0.1, -0.05) is 46.4 Å². The van der Waals surface area contributed by atoms with Crippen LogP contribution in [0.1, 0.15) is 0 Å². The fraction of sp³-hybridized carbons (Fsp3) is 0. The van der Waals surface area contributed by atoms with Crippen molar-refractivity contribution in [3.63, 3.8) is 0 Å². The molecule has 20 heavy (non-hydrogen) atoms. The molecule has 0 aliphatic carbocycles. The molecule has 0 bridgehead atoms. The molecule has 8 heteroatoms. The molecule has 1 aliphatic heterocycles. The van der Waals surface area contributed by atoms with Crippen LogP contribution in [-0.2, 0) is 0 Å². The van der Waals surface area contributed by atoms with Crippen LogP contribution in [0.2, 0.25) is 20.1 Å². The summed E-state index contributed by atoms with van der Waals surface area (Å²) in [6.45, 7) is 0. The third-order valence-electron chi connectivity index (χ3n) is 2.59. The summed E-state index contributed by atoms with van der Waals surface area (Å²) in [6, 6.07) is 3.30. The summed E-state index contributed by atoms with van der Waals surface area (Å²) in [5, 5.41) is 1.20. The van der Waals surface area contributed by atoms with E-state index in [4.69, 9.17) is 55.9 Å². The monoisotopic (exact) mass is 476 g/mol. The Balaban J connectivity index is 2.22. The molecule has 0 atom stereocenters. The average Bonchev–Trinajstić information content (AvgIpc) is 2.42. The van der Waals surface area contributed by atoms with Crippen molar-refractivity contribution in [2.75, 3.05) is 0 Å². The fourth-order valence-corrected chi connectivity index (χ4v) is 3.46. The number of ether oxygens (including phenoxy) is 2. The zero-order chi connectivity index (χ0) is 14.6. The number of fused-ring (bicyclic) bond motifs is 2. The van der Waals surface area contributed by atoms with E-state index in [0.717, 1.165) is 0 Å². The lowest BCUT2D eigenvalue weighted by Gasteiger charge is -2.23. The largest absolute Gasteiger partial charge is 0.448 e. The van der Waals surface area contributed by atoms with Crippen LogP contribution < -0.4 is 9.47 Å². The first-order valence-electron chi connectivity index (χ1n) is 5.11. The second-order valence-electron chi connectivity index (χ2n) is 3.83. The van der Waals surface area contributed by atoms with Crippen molar-refractivity contribution in [3.8, 4) is 23.0 Å². The van der Waals surface area contributed by atoms with Gasteiger partial charge in [-0.05, 0) is 31.9 Å². The molecule has 0 aromatic heterocycles. The Bertz CT molecular complexity index is 686. The summed E-state index contributed by atoms with van der Waals surface area (Å²) in [4.78, 5) is 0. The highest BCUT2D eigenvalue weighted by molar-refractivity contribution is 9.10. The van der Waals surface area contributed by atoms with Crippen molar-refractivity contribution < 1.29 is 9.47 Å². The fourth-order valence-electron chi connectivity index (χ4n) is 1.68. The summed E-state index contributed by atoms with van der Waals surface area (Å²) in [5.74, 6) is 1.47. The van der Waals surface area contributed by atoms with E-state index in [1.54, 1.807) is 12.1 Å². The van der Waals surface area contributed by atoms with E-state index < -0.39 is 0 Å². The van der Waals surface area contributed by atoms with Crippen molar-refractivity contribution in [1.82, 2.24) is 0 Å². The Labute approximate surface area is 151 Å². The molecular weight excluding hydrogens is 478 g/mol. The first kappa shape index (κ1) is 15.1. The van der Waals surface area contributed by atoms with Crippen molar-refractivity contribution in [2.24, 2.45) is 0 Å². The van der Waals surface area contributed by atoms with Crippen molar-refractivity contribution in [3.05, 3.63) is 41.2 Å². The third-order valence-corrected chi connectivity index (χ3v) is 6.00. The molecule has 3 rings (SSSR count). The first-order valence-corrected chi connectivity index (χ1v) is 8.20. The molecule has 0 amide bonds. The molecule has 2 nitrogen and oxygen atoms in total. The number of rotatable bonds is 0. The predicted molar refractivity (Wildman–Crippen MR) is 88.5 cm³/mol. The van der Waals surface area contributed by atoms with Gasteiger partial charge < -0.3 is 9.47 Å². The van der Waals surface area contributed by atoms with Gasteiger partial charge in [0.25, 0.3) is 0 Å². The van der Waals surface area contributed by atoms with Gasteiger partial charge in [-0.15, -0.1) is 0 Å². The van der Waals surface area contributed by atoms with Crippen molar-refractivity contribution in [1.29, 1.82) is 0 Å². The highest BCUT2D eigenvalue weighted by Crippen LogP contribution is 2.56. The maximum atomic E-state index is 6.16. The maximum Gasteiger partial charge on any atom is 0.190 e. The topological polar surface area (TPSA) is 18.5 Å². The molecule has 0 unspecified atom stereocenters. The molecule has 0 spiro atoms. The summed E-state index contributed by atoms with van der Waals surface area (Å²) in [5.41, 5.74) is 0. The van der Waals surface area contributed by atoms with Crippen LogP contribution in [0.4, 0.5) is 0 Å². The molecule has 1 aliphatic rings. The SMILES string of the molecule is Clc1c(Br)cc2c(c1Cl)Oc1cc(Br)c(Cl)c(Cl)c1O2. The number of halogens is 6. The van der Waals surface area contributed by atoms with Crippen molar-refractivity contribution in [2.45, 2.75) is 0 Å². The first-order chi connectivity index (χ1) is 9.40. The van der Waals surface area contributed by atoms with E-state index in [1.165, 1.54) is 0 Å². The maximum absolute atomic E-state index is 6.16. The van der Waals surface area contributed by atoms with Gasteiger partial charge in [0.15, 0.2) is 23.0 Å². The smallest absolute Gasteiger partial charge is 0.190 e. The van der Waals surface area contributed by atoms with Gasteiger partial charge in [0.1, 0.15) is 10.0 Å². The number of hydrogen-bond acceptors (Lipinski definition) is 2. The predicted octanol–water partition coefficient (Wildman–Crippen LogP) is 7.72. The lowest BCUT2D eigenvalue weighted by Crippen LogP contribution is -2.01. The second kappa shape index (κ2) is 5.41. The van der Waals surface area contributed by atoms with E-state index in [9.17, 15) is 0 Å². The molecule has 2 aromatic carbocycles. The van der Waals surface area contributed by atoms with Crippen LogP contribution in [0.15, 0.2) is 21.1 Å². The van der Waals surface area contributed by atoms with Gasteiger partial charge in [0, 0.05) is 21.1 Å². The lowest BCUT2D eigenvalue weighted by atomic mass is 10.2. The number of benzene rings is 2. The lowest BCUT2D eigenvalue weighted by molar-refractivity contribution is 0.359. The Hall–Kier alpha value is 0.160. The van der Waals surface area contributed by atoms with E-state index in [2.05, 4.69) is 31.9 Å². The van der Waals surface area contributed by atoms with Gasteiger partial charge in [-0.3, -0.25) is 0 Å². The minimum absolute atomic E-state index is 0.254. The molecule has 0 radical (unpaired) electrons. The van der Waals surface area contributed by atoms with Gasteiger partial charge in [0.05, 0.1) is 10.0 Å². The molecule has 2 aromatic rings. The molecule has 0 N–H and O–H groups in total. The quantitative estimate of drug-likeness (QED) is 0.307. The summed E-state index contributed by atoms with van der Waals surface area (Å²) < 4.78 is 12.6. The molecule has 0 saturated heterocycles. The van der Waals surface area contributed by atoms with Crippen molar-refractivity contribution >= 4 is 78.3 Å². The Morgan fingerprint density at radius 2 is 1.00 bits per heavy atom. The minimum atomic E-state index is 0.254. The summed E-state index contributed by atoms with van der Waals surface area (Å²) in [7, 11) is 0. The standard InChI is InChI=1S/C12H2Br2Cl4O2/c13-3-1-5-11(9(17)7(3)15)20-6-2-4(14)8(16)10(18)12(6)19-5/h1-2H. The van der Waals surface area contributed by atoms with Gasteiger partial charge in [-0.25, -0.2) is 0 Å². The zero-order valence-electron chi connectivity index (χ0n) is 9.24. The second-order valence-corrected chi connectivity index (χ2v) is 7.05. The molecule has 104 valence electrons. The van der Waals surface area contributed by atoms with E-state index in [0.29, 0.717) is 42.0 Å².